The van der Waals surface area contributed by atoms with Crippen molar-refractivity contribution in [3.63, 3.8) is 0 Å². The summed E-state index contributed by atoms with van der Waals surface area (Å²) >= 11 is 6.51. The van der Waals surface area contributed by atoms with E-state index in [1.54, 1.807) is 6.20 Å². The molecule has 4 aromatic heterocycles. The topological polar surface area (TPSA) is 55.1 Å². The first-order chi connectivity index (χ1) is 13.2. The van der Waals surface area contributed by atoms with Crippen molar-refractivity contribution in [2.24, 2.45) is 0 Å². The zero-order chi connectivity index (χ0) is 18.8. The van der Waals surface area contributed by atoms with Gasteiger partial charge in [-0.1, -0.05) is 31.0 Å². The van der Waals surface area contributed by atoms with Crippen molar-refractivity contribution in [1.82, 2.24) is 19.4 Å². The second-order valence-corrected chi connectivity index (χ2v) is 6.86. The average Bonchev–Trinajstić information content (AvgIpc) is 3.04. The van der Waals surface area contributed by atoms with Crippen LogP contribution in [-0.2, 0) is 6.42 Å². The molecule has 4 aromatic rings. The molecule has 0 saturated carbocycles. The smallest absolute Gasteiger partial charge is 0.149 e. The summed E-state index contributed by atoms with van der Waals surface area (Å²) < 4.78 is 2.14. The SMILES string of the molecule is CCCc1c(-c2cnc(Nc3ccc(C)nc3)c(Cl)c2)nc2ccccn12.Cl. The Morgan fingerprint density at radius 1 is 1.11 bits per heavy atom. The molecule has 0 atom stereocenters. The van der Waals surface area contributed by atoms with Gasteiger partial charge in [0.2, 0.25) is 0 Å². The molecule has 7 heteroatoms. The van der Waals surface area contributed by atoms with E-state index in [0.29, 0.717) is 10.8 Å². The lowest BCUT2D eigenvalue weighted by molar-refractivity contribution is 0.870. The summed E-state index contributed by atoms with van der Waals surface area (Å²) in [7, 11) is 0. The Morgan fingerprint density at radius 3 is 2.68 bits per heavy atom. The third-order valence-electron chi connectivity index (χ3n) is 4.40. The highest BCUT2D eigenvalue weighted by atomic mass is 35.5. The summed E-state index contributed by atoms with van der Waals surface area (Å²) in [6.45, 7) is 4.12. The van der Waals surface area contributed by atoms with E-state index in [4.69, 9.17) is 16.6 Å². The molecule has 0 saturated heterocycles. The van der Waals surface area contributed by atoms with Crippen LogP contribution in [-0.4, -0.2) is 19.4 Å². The van der Waals surface area contributed by atoms with Gasteiger partial charge in [-0.05, 0) is 43.7 Å². The normalized spacial score (nSPS) is 10.7. The second-order valence-electron chi connectivity index (χ2n) is 6.45. The Kier molecular flexibility index (Phi) is 6.17. The minimum Gasteiger partial charge on any atom is -0.338 e. The molecule has 0 aliphatic carbocycles. The van der Waals surface area contributed by atoms with Gasteiger partial charge in [-0.25, -0.2) is 9.97 Å². The molecule has 5 nitrogen and oxygen atoms in total. The number of halogens is 2. The van der Waals surface area contributed by atoms with Gasteiger partial charge in [0.15, 0.2) is 0 Å². The summed E-state index contributed by atoms with van der Waals surface area (Å²) in [5.74, 6) is 0.604. The lowest BCUT2D eigenvalue weighted by atomic mass is 10.1. The molecular weight excluding hydrogens is 393 g/mol. The van der Waals surface area contributed by atoms with Crippen LogP contribution in [0.25, 0.3) is 16.9 Å². The Morgan fingerprint density at radius 2 is 1.96 bits per heavy atom. The first-order valence-electron chi connectivity index (χ1n) is 8.97. The van der Waals surface area contributed by atoms with Gasteiger partial charge < -0.3 is 9.72 Å². The average molecular weight is 414 g/mol. The molecule has 0 spiro atoms. The third-order valence-corrected chi connectivity index (χ3v) is 4.69. The van der Waals surface area contributed by atoms with E-state index >= 15 is 0 Å². The lowest BCUT2D eigenvalue weighted by Gasteiger charge is -2.09. The van der Waals surface area contributed by atoms with Crippen LogP contribution in [0, 0.1) is 6.92 Å². The maximum absolute atomic E-state index is 6.51. The van der Waals surface area contributed by atoms with Crippen molar-refractivity contribution in [2.75, 3.05) is 5.32 Å². The fraction of sp³-hybridized carbons (Fsp3) is 0.190. The molecule has 4 heterocycles. The number of rotatable bonds is 5. The van der Waals surface area contributed by atoms with Gasteiger partial charge in [0.25, 0.3) is 0 Å². The van der Waals surface area contributed by atoms with E-state index in [9.17, 15) is 0 Å². The van der Waals surface area contributed by atoms with Crippen LogP contribution in [0.1, 0.15) is 24.7 Å². The largest absolute Gasteiger partial charge is 0.338 e. The number of anilines is 2. The number of hydrogen-bond donors (Lipinski definition) is 1. The third kappa shape index (κ3) is 3.96. The molecule has 28 heavy (non-hydrogen) atoms. The minimum atomic E-state index is 0. The molecule has 0 bridgehead atoms. The van der Waals surface area contributed by atoms with Crippen LogP contribution in [0.2, 0.25) is 5.02 Å². The second kappa shape index (κ2) is 8.59. The van der Waals surface area contributed by atoms with Crippen LogP contribution in [0.5, 0.6) is 0 Å². The lowest BCUT2D eigenvalue weighted by Crippen LogP contribution is -1.97. The minimum absolute atomic E-state index is 0. The van der Waals surface area contributed by atoms with Crippen LogP contribution >= 0.6 is 24.0 Å². The molecule has 1 N–H and O–H groups in total. The maximum Gasteiger partial charge on any atom is 0.149 e. The molecule has 0 fully saturated rings. The van der Waals surface area contributed by atoms with E-state index in [0.717, 1.165) is 41.1 Å². The van der Waals surface area contributed by atoms with E-state index in [2.05, 4.69) is 26.6 Å². The molecule has 0 aliphatic heterocycles. The van der Waals surface area contributed by atoms with Gasteiger partial charge in [-0.15, -0.1) is 12.4 Å². The van der Waals surface area contributed by atoms with Gasteiger partial charge in [-0.2, -0.15) is 0 Å². The van der Waals surface area contributed by atoms with Crippen LogP contribution in [0.4, 0.5) is 11.5 Å². The number of imidazole rings is 1. The van der Waals surface area contributed by atoms with Crippen LogP contribution < -0.4 is 5.32 Å². The van der Waals surface area contributed by atoms with Crippen molar-refractivity contribution in [2.45, 2.75) is 26.7 Å². The van der Waals surface area contributed by atoms with Crippen LogP contribution in [0.3, 0.4) is 0 Å². The van der Waals surface area contributed by atoms with Gasteiger partial charge in [0.05, 0.1) is 28.3 Å². The summed E-state index contributed by atoms with van der Waals surface area (Å²) in [4.78, 5) is 13.6. The van der Waals surface area contributed by atoms with E-state index < -0.39 is 0 Å². The molecule has 0 aliphatic rings. The molecule has 144 valence electrons. The number of aromatic nitrogens is 4. The van der Waals surface area contributed by atoms with E-state index in [1.165, 1.54) is 5.69 Å². The number of nitrogens with one attached hydrogen (secondary N) is 1. The zero-order valence-electron chi connectivity index (χ0n) is 15.7. The van der Waals surface area contributed by atoms with Crippen molar-refractivity contribution in [1.29, 1.82) is 0 Å². The van der Waals surface area contributed by atoms with Crippen molar-refractivity contribution >= 4 is 41.2 Å². The number of aryl methyl sites for hydroxylation is 2. The standard InChI is InChI=1S/C21H20ClN5.ClH/c1-3-6-18-20(26-19-7-4-5-10-27(18)19)15-11-17(22)21(24-12-15)25-16-9-8-14(2)23-13-16;/h4-5,7-13H,3,6H2,1-2H3,(H,24,25);1H. The van der Waals surface area contributed by atoms with E-state index in [-0.39, 0.29) is 12.4 Å². The van der Waals surface area contributed by atoms with Crippen molar-refractivity contribution in [3.05, 3.63) is 71.4 Å². The first kappa shape index (κ1) is 20.1. The number of fused-ring (bicyclic) bond motifs is 1. The fourth-order valence-electron chi connectivity index (χ4n) is 3.09. The first-order valence-corrected chi connectivity index (χ1v) is 9.35. The molecule has 0 radical (unpaired) electrons. The van der Waals surface area contributed by atoms with Crippen LogP contribution in [0.15, 0.2) is 55.0 Å². The highest BCUT2D eigenvalue weighted by molar-refractivity contribution is 6.33. The number of pyridine rings is 3. The van der Waals surface area contributed by atoms with Gasteiger partial charge in [-0.3, -0.25) is 4.98 Å². The monoisotopic (exact) mass is 413 g/mol. The summed E-state index contributed by atoms with van der Waals surface area (Å²) in [6, 6.07) is 11.8. The fourth-order valence-corrected chi connectivity index (χ4v) is 3.30. The van der Waals surface area contributed by atoms with Crippen molar-refractivity contribution < 1.29 is 0 Å². The Balaban J connectivity index is 0.00000225. The summed E-state index contributed by atoms with van der Waals surface area (Å²) in [5, 5.41) is 3.76. The molecule has 0 amide bonds. The van der Waals surface area contributed by atoms with E-state index in [1.807, 2.05) is 55.7 Å². The molecule has 0 unspecified atom stereocenters. The Labute approximate surface area is 175 Å². The summed E-state index contributed by atoms with van der Waals surface area (Å²) in [5.41, 5.74) is 5.77. The molecular formula is C21H21Cl2N5. The number of nitrogens with zero attached hydrogens (tertiary/aromatic N) is 4. The number of hydrogen-bond acceptors (Lipinski definition) is 4. The Hall–Kier alpha value is -2.63. The van der Waals surface area contributed by atoms with Gasteiger partial charge in [0, 0.05) is 23.7 Å². The summed E-state index contributed by atoms with van der Waals surface area (Å²) in [6.07, 6.45) is 7.61. The predicted octanol–water partition coefficient (Wildman–Crippen LogP) is 5.87. The van der Waals surface area contributed by atoms with Crippen molar-refractivity contribution in [3.8, 4) is 11.3 Å². The quantitative estimate of drug-likeness (QED) is 0.444. The molecule has 0 aromatic carbocycles. The van der Waals surface area contributed by atoms with Gasteiger partial charge >= 0.3 is 0 Å². The maximum atomic E-state index is 6.51. The highest BCUT2D eigenvalue weighted by Gasteiger charge is 2.15. The molecule has 4 rings (SSSR count). The predicted molar refractivity (Wildman–Crippen MR) is 117 cm³/mol. The highest BCUT2D eigenvalue weighted by Crippen LogP contribution is 2.31. The van der Waals surface area contributed by atoms with Gasteiger partial charge in [0.1, 0.15) is 11.5 Å². The Bertz CT molecular complexity index is 1090. The zero-order valence-corrected chi connectivity index (χ0v) is 17.3.